The Morgan fingerprint density at radius 1 is 1.22 bits per heavy atom. The number of nitrogens with zero attached hydrogens (tertiary/aromatic N) is 2. The van der Waals surface area contributed by atoms with E-state index in [0.717, 1.165) is 12.3 Å². The molecule has 2 aromatic rings. The second-order valence-electron chi connectivity index (χ2n) is 3.29. The van der Waals surface area contributed by atoms with Crippen LogP contribution in [-0.4, -0.2) is 15.9 Å². The number of carbonyl (C=O) groups excluding carboxylic acids is 1. The Kier molecular flexibility index (Phi) is 3.47. The van der Waals surface area contributed by atoms with Gasteiger partial charge in [-0.15, -0.1) is 0 Å². The van der Waals surface area contributed by atoms with Gasteiger partial charge < -0.3 is 5.32 Å². The van der Waals surface area contributed by atoms with E-state index in [0.29, 0.717) is 5.69 Å². The number of aromatic nitrogens is 2. The fraction of sp³-hybridized carbons (Fsp3) is 0. The molecule has 0 fully saturated rings. The zero-order chi connectivity index (χ0) is 13.1. The van der Waals surface area contributed by atoms with Crippen LogP contribution in [0, 0.1) is 11.8 Å². The minimum Gasteiger partial charge on any atom is -0.320 e. The number of rotatable bonds is 2. The minimum atomic E-state index is -1.32. The van der Waals surface area contributed by atoms with Crippen molar-refractivity contribution in [3.63, 3.8) is 0 Å². The number of nitrogens with one attached hydrogen (secondary N) is 1. The highest BCUT2D eigenvalue weighted by atomic mass is 35.5. The second-order valence-corrected chi connectivity index (χ2v) is 3.67. The summed E-state index contributed by atoms with van der Waals surface area (Å²) < 4.78 is 26.1. The molecule has 0 spiro atoms. The van der Waals surface area contributed by atoms with Crippen LogP contribution in [0.2, 0.25) is 5.15 Å². The molecule has 0 aliphatic heterocycles. The molecule has 0 bridgehead atoms. The maximum absolute atomic E-state index is 13.3. The fourth-order valence-corrected chi connectivity index (χ4v) is 1.35. The smallest absolute Gasteiger partial charge is 0.258 e. The Hall–Kier alpha value is -2.08. The van der Waals surface area contributed by atoms with Gasteiger partial charge in [-0.25, -0.2) is 14.4 Å². The third kappa shape index (κ3) is 2.60. The van der Waals surface area contributed by atoms with Crippen molar-refractivity contribution >= 4 is 23.2 Å². The lowest BCUT2D eigenvalue weighted by Crippen LogP contribution is -2.15. The molecule has 0 unspecified atom stereocenters. The molecule has 1 amide bonds. The Morgan fingerprint density at radius 3 is 2.67 bits per heavy atom. The normalized spacial score (nSPS) is 10.2. The van der Waals surface area contributed by atoms with E-state index in [9.17, 15) is 13.6 Å². The Bertz CT molecular complexity index is 589. The van der Waals surface area contributed by atoms with E-state index < -0.39 is 23.2 Å². The molecular formula is C11H6ClF2N3O. The molecule has 2 aromatic heterocycles. The first kappa shape index (κ1) is 12.4. The molecule has 0 aliphatic carbocycles. The van der Waals surface area contributed by atoms with E-state index in [1.165, 1.54) is 18.3 Å². The number of anilines is 1. The highest BCUT2D eigenvalue weighted by Gasteiger charge is 2.16. The van der Waals surface area contributed by atoms with Crippen LogP contribution < -0.4 is 5.32 Å². The lowest BCUT2D eigenvalue weighted by molar-refractivity contribution is 0.102. The highest BCUT2D eigenvalue weighted by Crippen LogP contribution is 2.13. The van der Waals surface area contributed by atoms with E-state index in [1.54, 1.807) is 0 Å². The van der Waals surface area contributed by atoms with Crippen LogP contribution >= 0.6 is 11.6 Å². The molecule has 2 heterocycles. The number of halogens is 3. The van der Waals surface area contributed by atoms with Gasteiger partial charge in [0.15, 0.2) is 5.82 Å². The van der Waals surface area contributed by atoms with Gasteiger partial charge in [-0.05, 0) is 18.2 Å². The molecule has 0 saturated heterocycles. The zero-order valence-electron chi connectivity index (χ0n) is 8.82. The summed E-state index contributed by atoms with van der Waals surface area (Å²) >= 11 is 5.57. The quantitative estimate of drug-likeness (QED) is 0.853. The fourth-order valence-electron chi connectivity index (χ4n) is 1.24. The summed E-state index contributed by atoms with van der Waals surface area (Å²) in [5.74, 6) is -3.41. The van der Waals surface area contributed by atoms with Crippen LogP contribution in [0.4, 0.5) is 14.5 Å². The predicted octanol–water partition coefficient (Wildman–Crippen LogP) is 2.66. The van der Waals surface area contributed by atoms with Crippen LogP contribution in [0.1, 0.15) is 10.4 Å². The molecular weight excluding hydrogens is 264 g/mol. The summed E-state index contributed by atoms with van der Waals surface area (Å²) in [6, 6.07) is 4.03. The minimum absolute atomic E-state index is 0.258. The molecule has 0 saturated carbocycles. The van der Waals surface area contributed by atoms with Crippen LogP contribution in [0.15, 0.2) is 30.6 Å². The van der Waals surface area contributed by atoms with Gasteiger partial charge in [-0.3, -0.25) is 4.79 Å². The van der Waals surface area contributed by atoms with Crippen molar-refractivity contribution in [1.29, 1.82) is 0 Å². The summed E-state index contributed by atoms with van der Waals surface area (Å²) in [6.45, 7) is 0. The SMILES string of the molecule is O=C(Nc1ccc(Cl)nc1)c1ccnc(F)c1F. The number of pyridine rings is 2. The maximum Gasteiger partial charge on any atom is 0.258 e. The van der Waals surface area contributed by atoms with E-state index in [-0.39, 0.29) is 5.15 Å². The van der Waals surface area contributed by atoms with Crippen molar-refractivity contribution in [3.05, 3.63) is 53.1 Å². The van der Waals surface area contributed by atoms with E-state index in [2.05, 4.69) is 15.3 Å². The van der Waals surface area contributed by atoms with Crippen molar-refractivity contribution in [1.82, 2.24) is 9.97 Å². The second kappa shape index (κ2) is 5.05. The van der Waals surface area contributed by atoms with Crippen molar-refractivity contribution in [2.45, 2.75) is 0 Å². The Labute approximate surface area is 106 Å². The van der Waals surface area contributed by atoms with Gasteiger partial charge in [0, 0.05) is 6.20 Å². The number of hydrogen-bond donors (Lipinski definition) is 1. The number of carbonyl (C=O) groups is 1. The highest BCUT2D eigenvalue weighted by molar-refractivity contribution is 6.29. The molecule has 1 N–H and O–H groups in total. The monoisotopic (exact) mass is 269 g/mol. The third-order valence-electron chi connectivity index (χ3n) is 2.08. The lowest BCUT2D eigenvalue weighted by atomic mass is 10.2. The van der Waals surface area contributed by atoms with Gasteiger partial charge in [0.05, 0.1) is 17.4 Å². The first-order valence-electron chi connectivity index (χ1n) is 4.81. The molecule has 0 radical (unpaired) electrons. The largest absolute Gasteiger partial charge is 0.320 e. The standard InChI is InChI=1S/C11H6ClF2N3O/c12-8-2-1-6(5-16-8)17-11(18)7-3-4-15-10(14)9(7)13/h1-5H,(H,17,18). The van der Waals surface area contributed by atoms with Gasteiger partial charge in [0.25, 0.3) is 5.91 Å². The summed E-state index contributed by atoms with van der Waals surface area (Å²) in [5.41, 5.74) is -0.113. The van der Waals surface area contributed by atoms with Crippen LogP contribution in [0.5, 0.6) is 0 Å². The van der Waals surface area contributed by atoms with Crippen LogP contribution in [0.3, 0.4) is 0 Å². The molecule has 0 atom stereocenters. The van der Waals surface area contributed by atoms with Gasteiger partial charge in [-0.2, -0.15) is 4.39 Å². The van der Waals surface area contributed by atoms with Crippen LogP contribution in [-0.2, 0) is 0 Å². The van der Waals surface area contributed by atoms with Gasteiger partial charge >= 0.3 is 0 Å². The molecule has 0 aromatic carbocycles. The topological polar surface area (TPSA) is 54.9 Å². The number of amides is 1. The first-order valence-corrected chi connectivity index (χ1v) is 5.18. The zero-order valence-corrected chi connectivity index (χ0v) is 9.58. The van der Waals surface area contributed by atoms with Crippen molar-refractivity contribution in [2.75, 3.05) is 5.32 Å². The summed E-state index contributed by atoms with van der Waals surface area (Å²) in [4.78, 5) is 18.5. The average Bonchev–Trinajstić information content (AvgIpc) is 2.35. The Morgan fingerprint density at radius 2 is 2.00 bits per heavy atom. The molecule has 7 heteroatoms. The first-order chi connectivity index (χ1) is 8.58. The van der Waals surface area contributed by atoms with E-state index in [1.807, 2.05) is 0 Å². The lowest BCUT2D eigenvalue weighted by Gasteiger charge is -2.05. The Balaban J connectivity index is 2.22. The van der Waals surface area contributed by atoms with Crippen molar-refractivity contribution in [2.24, 2.45) is 0 Å². The van der Waals surface area contributed by atoms with E-state index in [4.69, 9.17) is 11.6 Å². The molecule has 92 valence electrons. The average molecular weight is 270 g/mol. The van der Waals surface area contributed by atoms with Gasteiger partial charge in [0.1, 0.15) is 5.15 Å². The molecule has 2 rings (SSSR count). The molecule has 18 heavy (non-hydrogen) atoms. The molecule has 4 nitrogen and oxygen atoms in total. The summed E-state index contributed by atoms with van der Waals surface area (Å²) in [7, 11) is 0. The summed E-state index contributed by atoms with van der Waals surface area (Å²) in [5, 5.41) is 2.62. The predicted molar refractivity (Wildman–Crippen MR) is 61.4 cm³/mol. The van der Waals surface area contributed by atoms with Crippen LogP contribution in [0.25, 0.3) is 0 Å². The van der Waals surface area contributed by atoms with Crippen molar-refractivity contribution in [3.8, 4) is 0 Å². The summed E-state index contributed by atoms with van der Waals surface area (Å²) in [6.07, 6.45) is 2.31. The van der Waals surface area contributed by atoms with Crippen molar-refractivity contribution < 1.29 is 13.6 Å². The van der Waals surface area contributed by atoms with Gasteiger partial charge in [-0.1, -0.05) is 11.6 Å². The molecule has 0 aliphatic rings. The maximum atomic E-state index is 13.3. The van der Waals surface area contributed by atoms with E-state index >= 15 is 0 Å². The number of hydrogen-bond acceptors (Lipinski definition) is 3. The van der Waals surface area contributed by atoms with Gasteiger partial charge in [0.2, 0.25) is 5.95 Å². The third-order valence-corrected chi connectivity index (χ3v) is 2.30.